The number of carbonyl (C=O) groups is 2. The number of aliphatic hydroxyl groups excluding tert-OH is 2. The van der Waals surface area contributed by atoms with Crippen molar-refractivity contribution in [3.8, 4) is 22.9 Å². The molecular formula is C40H43ClFN5O8. The Balaban J connectivity index is 1.32. The molecular weight excluding hydrogens is 733 g/mol. The highest BCUT2D eigenvalue weighted by Crippen LogP contribution is 2.29. The Morgan fingerprint density at radius 1 is 0.927 bits per heavy atom. The molecule has 2 heterocycles. The van der Waals surface area contributed by atoms with Crippen molar-refractivity contribution in [3.05, 3.63) is 128 Å². The molecule has 0 aliphatic carbocycles. The fourth-order valence-electron chi connectivity index (χ4n) is 5.58. The van der Waals surface area contributed by atoms with Gasteiger partial charge in [0, 0.05) is 35.9 Å². The number of anilines is 1. The molecule has 0 bridgehead atoms. The van der Waals surface area contributed by atoms with Crippen LogP contribution in [0.25, 0.3) is 11.4 Å². The van der Waals surface area contributed by atoms with Crippen LogP contribution in [0.1, 0.15) is 59.2 Å². The Hall–Kier alpha value is -5.70. The highest BCUT2D eigenvalue weighted by molar-refractivity contribution is 6.31. The lowest BCUT2D eigenvalue weighted by Crippen LogP contribution is -2.29. The fraction of sp³-hybridized carbons (Fsp3) is 0.300. The summed E-state index contributed by atoms with van der Waals surface area (Å²) >= 11 is 6.55. The molecule has 3 aromatic carbocycles. The SMILES string of the molecule is Cc1ccc(C(=O)OCCO)cc1-n1c(C)cc(OCc2ccc(F)cc2CNC(=O)Nc2cc(C(C)(C)C)nn2-c2cccc(OCCO)c2)c(Cl)c1=O. The largest absolute Gasteiger partial charge is 0.491 e. The van der Waals surface area contributed by atoms with E-state index in [-0.39, 0.29) is 61.3 Å². The van der Waals surface area contributed by atoms with Crippen LogP contribution in [-0.2, 0) is 23.3 Å². The molecule has 0 spiro atoms. The summed E-state index contributed by atoms with van der Waals surface area (Å²) in [7, 11) is 0. The maximum Gasteiger partial charge on any atom is 0.338 e. The van der Waals surface area contributed by atoms with Gasteiger partial charge in [-0.15, -0.1) is 0 Å². The summed E-state index contributed by atoms with van der Waals surface area (Å²) in [5, 5.41) is 28.3. The second kappa shape index (κ2) is 17.6. The third kappa shape index (κ3) is 9.89. The molecule has 0 radical (unpaired) electrons. The maximum atomic E-state index is 14.5. The van der Waals surface area contributed by atoms with Crippen molar-refractivity contribution in [2.75, 3.05) is 31.7 Å². The van der Waals surface area contributed by atoms with Gasteiger partial charge in [-0.3, -0.25) is 14.7 Å². The number of benzene rings is 3. The first-order chi connectivity index (χ1) is 26.2. The number of nitrogens with one attached hydrogen (secondary N) is 2. The number of aryl methyl sites for hydroxylation is 2. The molecule has 13 nitrogen and oxygen atoms in total. The number of hydrogen-bond donors (Lipinski definition) is 4. The van der Waals surface area contributed by atoms with E-state index >= 15 is 0 Å². The van der Waals surface area contributed by atoms with Crippen LogP contribution in [0, 0.1) is 19.7 Å². The van der Waals surface area contributed by atoms with Crippen LogP contribution in [0.4, 0.5) is 15.0 Å². The predicted molar refractivity (Wildman–Crippen MR) is 205 cm³/mol. The van der Waals surface area contributed by atoms with Crippen molar-refractivity contribution in [2.24, 2.45) is 0 Å². The molecule has 0 aliphatic heterocycles. The van der Waals surface area contributed by atoms with Crippen molar-refractivity contribution in [3.63, 3.8) is 0 Å². The van der Waals surface area contributed by atoms with Gasteiger partial charge in [-0.05, 0) is 66.9 Å². The lowest BCUT2D eigenvalue weighted by atomic mass is 9.92. The standard InChI is InChI=1S/C40H43ClFN5O8/c1-24-9-10-26(38(51)54-16-14-49)19-32(24)46-25(2)17-33(36(41)37(46)50)55-23-27-11-12-29(42)18-28(27)22-43-39(52)44-35-21-34(40(3,4)5)45-47(35)30-7-6-8-31(20-30)53-15-13-48/h6-12,17-21,48-49H,13-16,22-23H2,1-5H3,(H2,43,44,52). The zero-order valence-electron chi connectivity index (χ0n) is 31.1. The van der Waals surface area contributed by atoms with Crippen molar-refractivity contribution in [2.45, 2.75) is 53.2 Å². The van der Waals surface area contributed by atoms with Crippen LogP contribution in [0.3, 0.4) is 0 Å². The molecule has 2 aromatic heterocycles. The predicted octanol–water partition coefficient (Wildman–Crippen LogP) is 6.15. The number of urea groups is 1. The number of hydrogen-bond acceptors (Lipinski definition) is 9. The van der Waals surface area contributed by atoms with E-state index in [2.05, 4.69) is 10.6 Å². The molecule has 0 atom stereocenters. The van der Waals surface area contributed by atoms with E-state index in [0.29, 0.717) is 45.3 Å². The van der Waals surface area contributed by atoms with E-state index < -0.39 is 23.4 Å². The summed E-state index contributed by atoms with van der Waals surface area (Å²) in [5.74, 6) is -0.180. The quantitative estimate of drug-likeness (QED) is 0.0969. The van der Waals surface area contributed by atoms with Crippen molar-refractivity contribution in [1.29, 1.82) is 0 Å². The summed E-state index contributed by atoms with van der Waals surface area (Å²) in [5.41, 5.74) is 3.13. The molecule has 55 heavy (non-hydrogen) atoms. The highest BCUT2D eigenvalue weighted by atomic mass is 35.5. The van der Waals surface area contributed by atoms with Crippen LogP contribution in [0.15, 0.2) is 77.6 Å². The summed E-state index contributed by atoms with van der Waals surface area (Å²) in [6.07, 6.45) is 0. The van der Waals surface area contributed by atoms with Gasteiger partial charge >= 0.3 is 12.0 Å². The molecule has 4 N–H and O–H groups in total. The molecule has 2 amide bonds. The molecule has 0 aliphatic rings. The third-order valence-corrected chi connectivity index (χ3v) is 8.79. The van der Waals surface area contributed by atoms with Gasteiger partial charge in [0.05, 0.1) is 35.8 Å². The summed E-state index contributed by atoms with van der Waals surface area (Å²) in [6.45, 7) is 8.78. The minimum Gasteiger partial charge on any atom is -0.491 e. The second-order valence-electron chi connectivity index (χ2n) is 13.6. The van der Waals surface area contributed by atoms with E-state index in [1.807, 2.05) is 26.8 Å². The lowest BCUT2D eigenvalue weighted by molar-refractivity contribution is 0.0433. The Bertz CT molecular complexity index is 2250. The van der Waals surface area contributed by atoms with Gasteiger partial charge in [0.2, 0.25) is 0 Å². The first kappa shape index (κ1) is 40.5. The van der Waals surface area contributed by atoms with E-state index in [4.69, 9.17) is 41.1 Å². The van der Waals surface area contributed by atoms with Crippen LogP contribution >= 0.6 is 11.6 Å². The second-order valence-corrected chi connectivity index (χ2v) is 14.0. The number of aliphatic hydroxyl groups is 2. The Kier molecular flexibility index (Phi) is 13.0. The first-order valence-corrected chi connectivity index (χ1v) is 17.8. The number of halogens is 2. The van der Waals surface area contributed by atoms with Crippen LogP contribution in [0.2, 0.25) is 5.02 Å². The van der Waals surface area contributed by atoms with Gasteiger partial charge in [-0.1, -0.05) is 50.6 Å². The molecule has 15 heteroatoms. The van der Waals surface area contributed by atoms with Crippen molar-refractivity contribution in [1.82, 2.24) is 19.7 Å². The minimum absolute atomic E-state index is 0.0717. The summed E-state index contributed by atoms with van der Waals surface area (Å²) < 4.78 is 34.0. The number of aromatic nitrogens is 3. The van der Waals surface area contributed by atoms with Gasteiger partial charge in [-0.2, -0.15) is 5.10 Å². The van der Waals surface area contributed by atoms with Crippen LogP contribution in [-0.4, -0.2) is 63.0 Å². The average Bonchev–Trinajstić information content (AvgIpc) is 3.59. The average molecular weight is 776 g/mol. The molecule has 5 rings (SSSR count). The normalized spacial score (nSPS) is 11.3. The fourth-order valence-corrected chi connectivity index (χ4v) is 5.77. The highest BCUT2D eigenvalue weighted by Gasteiger charge is 2.23. The number of amides is 2. The van der Waals surface area contributed by atoms with E-state index in [0.717, 1.165) is 5.69 Å². The number of nitrogens with zero attached hydrogens (tertiary/aromatic N) is 3. The number of esters is 1. The minimum atomic E-state index is -0.650. The van der Waals surface area contributed by atoms with Gasteiger partial charge < -0.3 is 29.7 Å². The third-order valence-electron chi connectivity index (χ3n) is 8.44. The van der Waals surface area contributed by atoms with E-state index in [1.54, 1.807) is 61.0 Å². The maximum absolute atomic E-state index is 14.5. The van der Waals surface area contributed by atoms with Gasteiger partial charge in [0.1, 0.15) is 48.0 Å². The molecule has 0 fully saturated rings. The molecule has 0 saturated heterocycles. The Morgan fingerprint density at radius 2 is 1.69 bits per heavy atom. The van der Waals surface area contributed by atoms with Crippen LogP contribution in [0.5, 0.6) is 11.5 Å². The van der Waals surface area contributed by atoms with Crippen LogP contribution < -0.4 is 25.7 Å². The monoisotopic (exact) mass is 775 g/mol. The first-order valence-electron chi connectivity index (χ1n) is 17.4. The number of ether oxygens (including phenoxy) is 3. The number of rotatable bonds is 14. The Morgan fingerprint density at radius 3 is 2.42 bits per heavy atom. The van der Waals surface area contributed by atoms with E-state index in [1.165, 1.54) is 28.8 Å². The molecule has 0 unspecified atom stereocenters. The topological polar surface area (TPSA) is 166 Å². The zero-order chi connectivity index (χ0) is 39.9. The van der Waals surface area contributed by atoms with Gasteiger partial charge in [0.25, 0.3) is 5.56 Å². The molecule has 290 valence electrons. The lowest BCUT2D eigenvalue weighted by Gasteiger charge is -2.17. The van der Waals surface area contributed by atoms with Gasteiger partial charge in [0.15, 0.2) is 0 Å². The number of pyridine rings is 1. The summed E-state index contributed by atoms with van der Waals surface area (Å²) in [4.78, 5) is 39.3. The summed E-state index contributed by atoms with van der Waals surface area (Å²) in [6, 6.07) is 18.7. The van der Waals surface area contributed by atoms with E-state index in [9.17, 15) is 18.8 Å². The smallest absolute Gasteiger partial charge is 0.338 e. The van der Waals surface area contributed by atoms with Crippen molar-refractivity contribution >= 4 is 29.4 Å². The zero-order valence-corrected chi connectivity index (χ0v) is 31.9. The van der Waals surface area contributed by atoms with Crippen molar-refractivity contribution < 1.29 is 38.4 Å². The molecule has 5 aromatic rings. The van der Waals surface area contributed by atoms with Gasteiger partial charge in [-0.25, -0.2) is 18.7 Å². The number of carbonyl (C=O) groups excluding carboxylic acids is 2. The Labute approximate surface area is 322 Å². The molecule has 0 saturated carbocycles.